The smallest absolute Gasteiger partial charge is 0.129 e. The lowest BCUT2D eigenvalue weighted by Gasteiger charge is -2.10. The molecule has 0 aliphatic heterocycles. The third-order valence-corrected chi connectivity index (χ3v) is 6.39. The normalized spacial score (nSPS) is 12.6. The van der Waals surface area contributed by atoms with Gasteiger partial charge in [-0.2, -0.15) is 0 Å². The molecule has 0 aliphatic rings. The minimum atomic E-state index is -0.0564. The SMILES string of the molecule is CC(=O)CCCCCCCCCCCCC[C@@H](O)CCCCCCCCCC(C)C. The average Bonchev–Trinajstić information content (AvgIpc) is 2.69. The number of unbranched alkanes of at least 4 members (excludes halogenated alkanes) is 16. The van der Waals surface area contributed by atoms with E-state index in [1.165, 1.54) is 116 Å². The second-order valence-electron chi connectivity index (χ2n) is 10.2. The monoisotopic (exact) mass is 424 g/mol. The average molecular weight is 425 g/mol. The fourth-order valence-electron chi connectivity index (χ4n) is 4.31. The Hall–Kier alpha value is -0.370. The van der Waals surface area contributed by atoms with Gasteiger partial charge in [0.25, 0.3) is 0 Å². The van der Waals surface area contributed by atoms with Gasteiger partial charge in [0.15, 0.2) is 0 Å². The van der Waals surface area contributed by atoms with Crippen LogP contribution in [0.1, 0.15) is 162 Å². The first-order valence-corrected chi connectivity index (χ1v) is 13.7. The summed E-state index contributed by atoms with van der Waals surface area (Å²) < 4.78 is 0. The molecule has 180 valence electrons. The number of aliphatic hydroxyl groups excluding tert-OH is 1. The van der Waals surface area contributed by atoms with Crippen molar-refractivity contribution < 1.29 is 9.90 Å². The predicted molar refractivity (Wildman–Crippen MR) is 133 cm³/mol. The quantitative estimate of drug-likeness (QED) is 0.157. The largest absolute Gasteiger partial charge is 0.393 e. The highest BCUT2D eigenvalue weighted by molar-refractivity contribution is 5.75. The molecule has 30 heavy (non-hydrogen) atoms. The first-order valence-electron chi connectivity index (χ1n) is 13.7. The molecule has 0 rings (SSSR count). The maximum Gasteiger partial charge on any atom is 0.129 e. The van der Waals surface area contributed by atoms with E-state index in [1.807, 2.05) is 0 Å². The van der Waals surface area contributed by atoms with Gasteiger partial charge in [0.05, 0.1) is 6.10 Å². The summed E-state index contributed by atoms with van der Waals surface area (Å²) >= 11 is 0. The van der Waals surface area contributed by atoms with Gasteiger partial charge in [-0.25, -0.2) is 0 Å². The number of carbonyl (C=O) groups excluding carboxylic acids is 1. The highest BCUT2D eigenvalue weighted by Crippen LogP contribution is 2.16. The zero-order valence-electron chi connectivity index (χ0n) is 21.1. The topological polar surface area (TPSA) is 37.3 Å². The molecule has 0 unspecified atom stereocenters. The van der Waals surface area contributed by atoms with Crippen LogP contribution in [0.25, 0.3) is 0 Å². The van der Waals surface area contributed by atoms with Crippen LogP contribution in [0.5, 0.6) is 0 Å². The zero-order chi connectivity index (χ0) is 22.3. The standard InChI is InChI=1S/C28H56O2/c1-26(2)22-18-14-10-9-13-17-21-25-28(30)24-20-16-12-8-6-4-5-7-11-15-19-23-27(3)29/h26,28,30H,4-25H2,1-3H3/t28-/m1/s1. The summed E-state index contributed by atoms with van der Waals surface area (Å²) in [6.07, 6.45) is 27.8. The van der Waals surface area contributed by atoms with Gasteiger partial charge in [0, 0.05) is 6.42 Å². The predicted octanol–water partition coefficient (Wildman–Crippen LogP) is 9.17. The Balaban J connectivity index is 3.16. The van der Waals surface area contributed by atoms with Gasteiger partial charge in [0.2, 0.25) is 0 Å². The molecule has 0 saturated carbocycles. The third kappa shape index (κ3) is 25.7. The van der Waals surface area contributed by atoms with E-state index >= 15 is 0 Å². The molecule has 0 aromatic carbocycles. The second-order valence-corrected chi connectivity index (χ2v) is 10.2. The van der Waals surface area contributed by atoms with Crippen molar-refractivity contribution >= 4 is 5.78 Å². The Kier molecular flexibility index (Phi) is 23.0. The van der Waals surface area contributed by atoms with E-state index < -0.39 is 0 Å². The molecule has 0 aliphatic carbocycles. The van der Waals surface area contributed by atoms with Crippen LogP contribution in [0, 0.1) is 5.92 Å². The van der Waals surface area contributed by atoms with E-state index in [0.29, 0.717) is 5.78 Å². The number of ketones is 1. The van der Waals surface area contributed by atoms with Crippen molar-refractivity contribution in [2.24, 2.45) is 5.92 Å². The van der Waals surface area contributed by atoms with Crippen LogP contribution in [-0.4, -0.2) is 17.0 Å². The highest BCUT2D eigenvalue weighted by atomic mass is 16.3. The third-order valence-electron chi connectivity index (χ3n) is 6.39. The summed E-state index contributed by atoms with van der Waals surface area (Å²) in [7, 11) is 0. The van der Waals surface area contributed by atoms with Gasteiger partial charge in [-0.1, -0.05) is 129 Å². The maximum atomic E-state index is 10.9. The van der Waals surface area contributed by atoms with E-state index in [0.717, 1.165) is 31.6 Å². The number of carbonyl (C=O) groups is 1. The fraction of sp³-hybridized carbons (Fsp3) is 0.964. The number of hydrogen-bond acceptors (Lipinski definition) is 2. The van der Waals surface area contributed by atoms with Crippen LogP contribution in [-0.2, 0) is 4.79 Å². The summed E-state index contributed by atoms with van der Waals surface area (Å²) in [4.78, 5) is 10.9. The van der Waals surface area contributed by atoms with Gasteiger partial charge >= 0.3 is 0 Å². The fourth-order valence-corrected chi connectivity index (χ4v) is 4.31. The van der Waals surface area contributed by atoms with Gasteiger partial charge in [0.1, 0.15) is 5.78 Å². The Labute approximate surface area is 190 Å². The van der Waals surface area contributed by atoms with E-state index in [9.17, 15) is 9.90 Å². The molecule has 0 bridgehead atoms. The van der Waals surface area contributed by atoms with Crippen molar-refractivity contribution in [1.82, 2.24) is 0 Å². The maximum absolute atomic E-state index is 10.9. The molecule has 0 heterocycles. The molecule has 0 spiro atoms. The van der Waals surface area contributed by atoms with Crippen molar-refractivity contribution in [1.29, 1.82) is 0 Å². The van der Waals surface area contributed by atoms with Crippen LogP contribution in [0.4, 0.5) is 0 Å². The number of hydrogen-bond donors (Lipinski definition) is 1. The molecular weight excluding hydrogens is 368 g/mol. The molecule has 1 atom stereocenters. The van der Waals surface area contributed by atoms with Gasteiger partial charge in [-0.05, 0) is 32.1 Å². The molecule has 0 saturated heterocycles. The summed E-state index contributed by atoms with van der Waals surface area (Å²) in [5.41, 5.74) is 0. The molecule has 1 N–H and O–H groups in total. The van der Waals surface area contributed by atoms with E-state index in [4.69, 9.17) is 0 Å². The Morgan fingerprint density at radius 1 is 0.533 bits per heavy atom. The summed E-state index contributed by atoms with van der Waals surface area (Å²) in [5.74, 6) is 1.19. The number of Topliss-reactive ketones (excluding diaryl/α,β-unsaturated/α-hetero) is 1. The highest BCUT2D eigenvalue weighted by Gasteiger charge is 2.04. The van der Waals surface area contributed by atoms with E-state index in [2.05, 4.69) is 13.8 Å². The van der Waals surface area contributed by atoms with Crippen LogP contribution in [0.15, 0.2) is 0 Å². The van der Waals surface area contributed by atoms with Crippen LogP contribution < -0.4 is 0 Å². The molecule has 0 aromatic heterocycles. The Morgan fingerprint density at radius 2 is 0.833 bits per heavy atom. The van der Waals surface area contributed by atoms with Crippen LogP contribution in [0.3, 0.4) is 0 Å². The lowest BCUT2D eigenvalue weighted by atomic mass is 10.0. The first kappa shape index (κ1) is 29.6. The first-order chi connectivity index (χ1) is 14.5. The minimum absolute atomic E-state index is 0.0564. The number of rotatable bonds is 24. The molecule has 2 heteroatoms. The van der Waals surface area contributed by atoms with Gasteiger partial charge in [-0.15, -0.1) is 0 Å². The van der Waals surface area contributed by atoms with Crippen LogP contribution >= 0.6 is 0 Å². The van der Waals surface area contributed by atoms with Crippen molar-refractivity contribution in [2.75, 3.05) is 0 Å². The van der Waals surface area contributed by atoms with E-state index in [-0.39, 0.29) is 6.10 Å². The second kappa shape index (κ2) is 23.3. The molecule has 2 nitrogen and oxygen atoms in total. The van der Waals surface area contributed by atoms with Crippen molar-refractivity contribution in [3.8, 4) is 0 Å². The lowest BCUT2D eigenvalue weighted by molar-refractivity contribution is -0.117. The summed E-state index contributed by atoms with van der Waals surface area (Å²) in [6.45, 7) is 6.32. The van der Waals surface area contributed by atoms with Crippen LogP contribution in [0.2, 0.25) is 0 Å². The van der Waals surface area contributed by atoms with Gasteiger partial charge < -0.3 is 9.90 Å². The Bertz CT molecular complexity index is 351. The molecule has 0 fully saturated rings. The summed E-state index contributed by atoms with van der Waals surface area (Å²) in [6, 6.07) is 0. The lowest BCUT2D eigenvalue weighted by Crippen LogP contribution is -2.05. The minimum Gasteiger partial charge on any atom is -0.393 e. The zero-order valence-corrected chi connectivity index (χ0v) is 21.1. The molecule has 0 amide bonds. The van der Waals surface area contributed by atoms with Crippen molar-refractivity contribution in [3.05, 3.63) is 0 Å². The Morgan fingerprint density at radius 3 is 1.17 bits per heavy atom. The van der Waals surface area contributed by atoms with E-state index in [1.54, 1.807) is 6.92 Å². The molecular formula is C28H56O2. The summed E-state index contributed by atoms with van der Waals surface area (Å²) in [5, 5.41) is 10.1. The van der Waals surface area contributed by atoms with Crippen molar-refractivity contribution in [3.63, 3.8) is 0 Å². The number of aliphatic hydroxyl groups is 1. The molecule has 0 aromatic rings. The van der Waals surface area contributed by atoms with Gasteiger partial charge in [-0.3, -0.25) is 0 Å². The molecule has 0 radical (unpaired) electrons. The van der Waals surface area contributed by atoms with Crippen molar-refractivity contribution in [2.45, 2.75) is 168 Å².